The number of aryl methyl sites for hydroxylation is 2. The number of fused-ring (bicyclic) bond motifs is 1. The number of benzene rings is 2. The van der Waals surface area contributed by atoms with Gasteiger partial charge in [0.1, 0.15) is 5.69 Å². The molecule has 4 rings (SSSR count). The lowest BCUT2D eigenvalue weighted by Crippen LogP contribution is -2.32. The summed E-state index contributed by atoms with van der Waals surface area (Å²) >= 11 is 0. The van der Waals surface area contributed by atoms with E-state index >= 15 is 0 Å². The molecule has 2 aromatic carbocycles. The number of rotatable bonds is 4. The zero-order chi connectivity index (χ0) is 19.7. The van der Waals surface area contributed by atoms with Gasteiger partial charge in [-0.15, -0.1) is 0 Å². The number of carbonyl (C=O) groups excluding carboxylic acids is 1. The van der Waals surface area contributed by atoms with Gasteiger partial charge in [-0.3, -0.25) is 4.79 Å². The molecule has 1 aliphatic heterocycles. The van der Waals surface area contributed by atoms with Crippen LogP contribution in [0.3, 0.4) is 0 Å². The summed E-state index contributed by atoms with van der Waals surface area (Å²) in [5.74, 6) is 0.776. The Balaban J connectivity index is 1.54. The smallest absolute Gasteiger partial charge is 0.272 e. The molecule has 4 nitrogen and oxygen atoms in total. The standard InChI is InChI=1S/C24H29N3O/c1-4-27-22-8-6-5-7-21(22)18(3)23(27)24(28)25-19-9-11-20(12-10-19)26-15-13-17(2)14-16-26/h5-12,17H,4,13-16H2,1-3H3,(H,25,28). The largest absolute Gasteiger partial charge is 0.372 e. The van der Waals surface area contributed by atoms with Crippen LogP contribution in [0.2, 0.25) is 0 Å². The van der Waals surface area contributed by atoms with E-state index in [1.807, 2.05) is 31.2 Å². The lowest BCUT2D eigenvalue weighted by Gasteiger charge is -2.32. The van der Waals surface area contributed by atoms with E-state index in [9.17, 15) is 4.79 Å². The summed E-state index contributed by atoms with van der Waals surface area (Å²) in [6.07, 6.45) is 2.50. The summed E-state index contributed by atoms with van der Waals surface area (Å²) in [5.41, 5.74) is 4.98. The molecule has 1 saturated heterocycles. The molecule has 1 aromatic heterocycles. The van der Waals surface area contributed by atoms with Crippen LogP contribution in [0.4, 0.5) is 11.4 Å². The lowest BCUT2D eigenvalue weighted by molar-refractivity contribution is 0.101. The summed E-state index contributed by atoms with van der Waals surface area (Å²) < 4.78 is 2.10. The van der Waals surface area contributed by atoms with Gasteiger partial charge in [-0.1, -0.05) is 25.1 Å². The number of piperidine rings is 1. The first kappa shape index (κ1) is 18.6. The predicted octanol–water partition coefficient (Wildman–Crippen LogP) is 5.46. The first-order chi connectivity index (χ1) is 13.6. The SMILES string of the molecule is CCn1c(C(=O)Nc2ccc(N3CCC(C)CC3)cc2)c(C)c2ccccc21. The first-order valence-corrected chi connectivity index (χ1v) is 10.3. The molecule has 0 bridgehead atoms. The van der Waals surface area contributed by atoms with Gasteiger partial charge in [-0.2, -0.15) is 0 Å². The van der Waals surface area contributed by atoms with Crippen molar-refractivity contribution in [2.45, 2.75) is 40.2 Å². The maximum absolute atomic E-state index is 13.1. The molecule has 146 valence electrons. The zero-order valence-corrected chi connectivity index (χ0v) is 17.0. The molecule has 4 heteroatoms. The number of anilines is 2. The molecular formula is C24H29N3O. The minimum Gasteiger partial charge on any atom is -0.372 e. The maximum atomic E-state index is 13.1. The molecule has 0 aliphatic carbocycles. The molecule has 0 saturated carbocycles. The van der Waals surface area contributed by atoms with E-state index in [4.69, 9.17) is 0 Å². The van der Waals surface area contributed by atoms with Crippen LogP contribution in [0, 0.1) is 12.8 Å². The Morgan fingerprint density at radius 3 is 2.43 bits per heavy atom. The fourth-order valence-corrected chi connectivity index (χ4v) is 4.31. The van der Waals surface area contributed by atoms with E-state index in [1.165, 1.54) is 18.5 Å². The minimum atomic E-state index is -0.0462. The van der Waals surface area contributed by atoms with E-state index in [2.05, 4.69) is 52.9 Å². The van der Waals surface area contributed by atoms with Crippen LogP contribution >= 0.6 is 0 Å². The van der Waals surface area contributed by atoms with Crippen molar-refractivity contribution in [3.63, 3.8) is 0 Å². The van der Waals surface area contributed by atoms with Crippen molar-refractivity contribution in [2.75, 3.05) is 23.3 Å². The highest BCUT2D eigenvalue weighted by Gasteiger charge is 2.20. The van der Waals surface area contributed by atoms with E-state index in [-0.39, 0.29) is 5.91 Å². The highest BCUT2D eigenvalue weighted by atomic mass is 16.2. The van der Waals surface area contributed by atoms with Gasteiger partial charge in [0.25, 0.3) is 5.91 Å². The molecule has 28 heavy (non-hydrogen) atoms. The molecular weight excluding hydrogens is 346 g/mol. The zero-order valence-electron chi connectivity index (χ0n) is 17.0. The minimum absolute atomic E-state index is 0.0462. The molecule has 3 aromatic rings. The topological polar surface area (TPSA) is 37.3 Å². The Morgan fingerprint density at radius 1 is 1.07 bits per heavy atom. The van der Waals surface area contributed by atoms with Crippen molar-refractivity contribution in [1.82, 2.24) is 4.57 Å². The third kappa shape index (κ3) is 3.39. The molecule has 1 N–H and O–H groups in total. The van der Waals surface area contributed by atoms with Crippen molar-refractivity contribution < 1.29 is 4.79 Å². The summed E-state index contributed by atoms with van der Waals surface area (Å²) in [6.45, 7) is 9.43. The Morgan fingerprint density at radius 2 is 1.75 bits per heavy atom. The third-order valence-corrected chi connectivity index (χ3v) is 6.03. The number of amides is 1. The number of hydrogen-bond acceptors (Lipinski definition) is 2. The van der Waals surface area contributed by atoms with E-state index in [0.29, 0.717) is 0 Å². The second-order valence-corrected chi connectivity index (χ2v) is 7.91. The van der Waals surface area contributed by atoms with Gasteiger partial charge in [0.15, 0.2) is 0 Å². The maximum Gasteiger partial charge on any atom is 0.272 e. The monoisotopic (exact) mass is 375 g/mol. The Kier molecular flexibility index (Phi) is 5.12. The van der Waals surface area contributed by atoms with Crippen LogP contribution in [0.1, 0.15) is 42.7 Å². The van der Waals surface area contributed by atoms with Crippen LogP contribution < -0.4 is 10.2 Å². The molecule has 0 spiro atoms. The molecule has 1 aliphatic rings. The second-order valence-electron chi connectivity index (χ2n) is 7.91. The Labute approximate surface area is 167 Å². The highest BCUT2D eigenvalue weighted by Crippen LogP contribution is 2.27. The summed E-state index contributed by atoms with van der Waals surface area (Å²) in [6, 6.07) is 16.5. The number of para-hydroxylation sites is 1. The number of nitrogens with one attached hydrogen (secondary N) is 1. The van der Waals surface area contributed by atoms with Gasteiger partial charge >= 0.3 is 0 Å². The van der Waals surface area contributed by atoms with Gasteiger partial charge in [-0.25, -0.2) is 0 Å². The predicted molar refractivity (Wildman–Crippen MR) is 117 cm³/mol. The molecule has 0 unspecified atom stereocenters. The van der Waals surface area contributed by atoms with Crippen LogP contribution in [0.15, 0.2) is 48.5 Å². The van der Waals surface area contributed by atoms with Gasteiger partial charge < -0.3 is 14.8 Å². The van der Waals surface area contributed by atoms with Crippen molar-refractivity contribution in [2.24, 2.45) is 5.92 Å². The number of carbonyl (C=O) groups is 1. The van der Waals surface area contributed by atoms with Crippen LogP contribution in [0.5, 0.6) is 0 Å². The van der Waals surface area contributed by atoms with Crippen molar-refractivity contribution in [3.8, 4) is 0 Å². The van der Waals surface area contributed by atoms with E-state index in [0.717, 1.165) is 53.4 Å². The lowest BCUT2D eigenvalue weighted by atomic mass is 9.99. The molecule has 0 radical (unpaired) electrons. The van der Waals surface area contributed by atoms with Crippen molar-refractivity contribution in [1.29, 1.82) is 0 Å². The second kappa shape index (κ2) is 7.70. The molecule has 0 atom stereocenters. The molecule has 1 amide bonds. The Hall–Kier alpha value is -2.75. The average Bonchev–Trinajstić information content (AvgIpc) is 3.01. The normalized spacial score (nSPS) is 15.2. The van der Waals surface area contributed by atoms with Crippen molar-refractivity contribution in [3.05, 3.63) is 59.8 Å². The van der Waals surface area contributed by atoms with Crippen LogP contribution in [-0.4, -0.2) is 23.6 Å². The number of hydrogen-bond donors (Lipinski definition) is 1. The number of nitrogens with zero attached hydrogens (tertiary/aromatic N) is 2. The first-order valence-electron chi connectivity index (χ1n) is 10.3. The third-order valence-electron chi connectivity index (χ3n) is 6.03. The Bertz CT molecular complexity index is 979. The van der Waals surface area contributed by atoms with E-state index < -0.39 is 0 Å². The fourth-order valence-electron chi connectivity index (χ4n) is 4.31. The molecule has 2 heterocycles. The highest BCUT2D eigenvalue weighted by molar-refractivity contribution is 6.08. The average molecular weight is 376 g/mol. The van der Waals surface area contributed by atoms with E-state index in [1.54, 1.807) is 0 Å². The van der Waals surface area contributed by atoms with Crippen LogP contribution in [0.25, 0.3) is 10.9 Å². The summed E-state index contributed by atoms with van der Waals surface area (Å²) in [4.78, 5) is 15.5. The fraction of sp³-hybridized carbons (Fsp3) is 0.375. The van der Waals surface area contributed by atoms with Gasteiger partial charge in [0.2, 0.25) is 0 Å². The quantitative estimate of drug-likeness (QED) is 0.657. The molecule has 1 fully saturated rings. The number of aromatic nitrogens is 1. The van der Waals surface area contributed by atoms with Gasteiger partial charge in [0, 0.05) is 41.9 Å². The van der Waals surface area contributed by atoms with Crippen LogP contribution in [-0.2, 0) is 6.54 Å². The van der Waals surface area contributed by atoms with Gasteiger partial charge in [-0.05, 0) is 68.5 Å². The van der Waals surface area contributed by atoms with Gasteiger partial charge in [0.05, 0.1) is 0 Å². The van der Waals surface area contributed by atoms with Crippen molar-refractivity contribution >= 4 is 28.2 Å². The summed E-state index contributed by atoms with van der Waals surface area (Å²) in [5, 5.41) is 4.24. The summed E-state index contributed by atoms with van der Waals surface area (Å²) in [7, 11) is 0.